The van der Waals surface area contributed by atoms with E-state index in [9.17, 15) is 0 Å². The molecule has 7 aromatic rings. The van der Waals surface area contributed by atoms with Gasteiger partial charge in [-0.2, -0.15) is 17.2 Å². The number of methoxy groups -OCH3 is 2. The average molecular weight is 774 g/mol. The third-order valence-electron chi connectivity index (χ3n) is 7.74. The van der Waals surface area contributed by atoms with Crippen LogP contribution in [0.3, 0.4) is 0 Å². The van der Waals surface area contributed by atoms with Crippen LogP contribution in [0.5, 0.6) is 23.0 Å². The van der Waals surface area contributed by atoms with Crippen LogP contribution in [0.15, 0.2) is 104 Å². The fourth-order valence-corrected chi connectivity index (χ4v) is 5.55. The number of aromatic nitrogens is 4. The Labute approximate surface area is 276 Å². The third-order valence-corrected chi connectivity index (χ3v) is 7.74. The molecule has 0 saturated carbocycles. The Morgan fingerprint density at radius 3 is 2.31 bits per heavy atom. The summed E-state index contributed by atoms with van der Waals surface area (Å²) < 4.78 is 21.4. The number of rotatable bonds is 8. The fourth-order valence-electron chi connectivity index (χ4n) is 5.55. The molecule has 45 heavy (non-hydrogen) atoms. The molecule has 0 saturated heterocycles. The maximum absolute atomic E-state index is 6.34. The minimum absolute atomic E-state index is 0. The minimum Gasteiger partial charge on any atom is -0.509 e. The monoisotopic (exact) mass is 773 g/mol. The Morgan fingerprint density at radius 2 is 1.53 bits per heavy atom. The van der Waals surface area contributed by atoms with Gasteiger partial charge >= 0.3 is 21.1 Å². The normalized spacial score (nSPS) is 11.1. The molecule has 0 N–H and O–H groups in total. The maximum Gasteiger partial charge on any atom is 2.00 e. The molecule has 0 aliphatic heterocycles. The summed E-state index contributed by atoms with van der Waals surface area (Å²) in [6.45, 7) is 4.38. The molecule has 7 nitrogen and oxygen atoms in total. The standard InChI is InChI=1S/C37H30N4O3.Pt/c1-24(2)25-17-18-38-36(19-25)41-32-12-6-5-11-30(32)31-16-15-29(21-33(31)41)44-28-10-7-9-27(20-28)40-23-26(22-39-40)37-34(42-3)13-8-14-35(37)43-4;/h5-19,22-24H,1-4H3;/q-2;+2. The van der Waals surface area contributed by atoms with Crippen LogP contribution in [0.1, 0.15) is 25.3 Å². The molecule has 0 bridgehead atoms. The first-order valence-corrected chi connectivity index (χ1v) is 14.4. The molecule has 0 aliphatic rings. The van der Waals surface area contributed by atoms with E-state index in [4.69, 9.17) is 19.2 Å². The van der Waals surface area contributed by atoms with Crippen LogP contribution in [-0.2, 0) is 21.1 Å². The van der Waals surface area contributed by atoms with Gasteiger partial charge in [0.25, 0.3) is 0 Å². The molecule has 0 spiro atoms. The number of ether oxygens (including phenoxy) is 3. The predicted octanol–water partition coefficient (Wildman–Crippen LogP) is 8.56. The summed E-state index contributed by atoms with van der Waals surface area (Å²) in [5.41, 5.74) is 5.62. The van der Waals surface area contributed by atoms with Gasteiger partial charge in [0.15, 0.2) is 0 Å². The first-order chi connectivity index (χ1) is 21.5. The maximum atomic E-state index is 6.34. The molecule has 4 aromatic carbocycles. The van der Waals surface area contributed by atoms with Gasteiger partial charge in [0.05, 0.1) is 26.0 Å². The molecule has 0 fully saturated rings. The van der Waals surface area contributed by atoms with E-state index in [0.717, 1.165) is 44.4 Å². The quantitative estimate of drug-likeness (QED) is 0.145. The van der Waals surface area contributed by atoms with E-state index in [1.54, 1.807) is 25.1 Å². The molecule has 0 amide bonds. The molecule has 3 aromatic heterocycles. The van der Waals surface area contributed by atoms with Crippen LogP contribution >= 0.6 is 0 Å². The topological polar surface area (TPSA) is 63.3 Å². The largest absolute Gasteiger partial charge is 2.00 e. The van der Waals surface area contributed by atoms with Crippen molar-refractivity contribution in [3.05, 3.63) is 121 Å². The third kappa shape index (κ3) is 5.60. The fraction of sp³-hybridized carbons (Fsp3) is 0.135. The van der Waals surface area contributed by atoms with Gasteiger partial charge in [-0.25, -0.2) is 4.98 Å². The number of fused-ring (bicyclic) bond motifs is 3. The van der Waals surface area contributed by atoms with Gasteiger partial charge in [-0.15, -0.1) is 35.7 Å². The van der Waals surface area contributed by atoms with Gasteiger partial charge in [0.2, 0.25) is 0 Å². The van der Waals surface area contributed by atoms with E-state index < -0.39 is 0 Å². The SMILES string of the molecule is COc1cccc(OC)c1-c1cnn(-c2[c-]c(Oc3[c-]c4c(cc3)c3ccccc3n4-c3cc(C(C)C)ccn3)ccc2)c1.[Pt+2]. The Bertz CT molecular complexity index is 2110. The van der Waals surface area contributed by atoms with Crippen LogP contribution in [0.4, 0.5) is 0 Å². The van der Waals surface area contributed by atoms with Gasteiger partial charge < -0.3 is 18.8 Å². The van der Waals surface area contributed by atoms with E-state index in [1.165, 1.54) is 5.56 Å². The second kappa shape index (κ2) is 12.6. The van der Waals surface area contributed by atoms with Crippen LogP contribution in [0, 0.1) is 12.1 Å². The van der Waals surface area contributed by atoms with Gasteiger partial charge in [0.1, 0.15) is 17.3 Å². The van der Waals surface area contributed by atoms with Crippen molar-refractivity contribution in [2.75, 3.05) is 14.2 Å². The summed E-state index contributed by atoms with van der Waals surface area (Å²) in [7, 11) is 3.29. The van der Waals surface area contributed by atoms with Crippen LogP contribution in [0.25, 0.3) is 44.4 Å². The van der Waals surface area contributed by atoms with E-state index in [0.29, 0.717) is 28.9 Å². The van der Waals surface area contributed by atoms with Crippen molar-refractivity contribution in [1.82, 2.24) is 19.3 Å². The van der Waals surface area contributed by atoms with Gasteiger partial charge in [-0.05, 0) is 52.9 Å². The van der Waals surface area contributed by atoms with Crippen molar-refractivity contribution >= 4 is 21.8 Å². The number of benzene rings is 4. The summed E-state index contributed by atoms with van der Waals surface area (Å²) in [5, 5.41) is 6.81. The first-order valence-electron chi connectivity index (χ1n) is 14.4. The van der Waals surface area contributed by atoms with Crippen molar-refractivity contribution in [2.24, 2.45) is 0 Å². The Kier molecular flexibility index (Phi) is 8.46. The Balaban J connectivity index is 0.00000357. The van der Waals surface area contributed by atoms with Crippen LogP contribution < -0.4 is 14.2 Å². The summed E-state index contributed by atoms with van der Waals surface area (Å²) in [5.74, 6) is 3.78. The minimum atomic E-state index is 0. The predicted molar refractivity (Wildman–Crippen MR) is 173 cm³/mol. The smallest absolute Gasteiger partial charge is 0.509 e. The molecular formula is C37H30N4O3Pt. The molecule has 0 radical (unpaired) electrons. The number of hydrogen-bond acceptors (Lipinski definition) is 5. The van der Waals surface area contributed by atoms with Gasteiger partial charge in [-0.3, -0.25) is 4.68 Å². The molecule has 0 unspecified atom stereocenters. The Morgan fingerprint density at radius 1 is 0.778 bits per heavy atom. The molecular weight excluding hydrogens is 744 g/mol. The van der Waals surface area contributed by atoms with Crippen molar-refractivity contribution in [1.29, 1.82) is 0 Å². The van der Waals surface area contributed by atoms with Crippen LogP contribution in [-0.4, -0.2) is 33.6 Å². The summed E-state index contributed by atoms with van der Waals surface area (Å²) in [4.78, 5) is 4.74. The number of para-hydroxylation sites is 1. The molecule has 0 aliphatic carbocycles. The van der Waals surface area contributed by atoms with E-state index in [1.807, 2.05) is 60.9 Å². The van der Waals surface area contributed by atoms with Gasteiger partial charge in [-0.1, -0.05) is 43.6 Å². The number of hydrogen-bond donors (Lipinski definition) is 0. The molecule has 3 heterocycles. The second-order valence-corrected chi connectivity index (χ2v) is 10.8. The van der Waals surface area contributed by atoms with E-state index in [2.05, 4.69) is 72.0 Å². The zero-order valence-corrected chi connectivity index (χ0v) is 27.5. The van der Waals surface area contributed by atoms with Crippen molar-refractivity contribution in [3.63, 3.8) is 0 Å². The first kappa shape index (κ1) is 30.2. The number of nitrogens with zero attached hydrogens (tertiary/aromatic N) is 4. The van der Waals surface area contributed by atoms with Gasteiger partial charge in [0, 0.05) is 35.0 Å². The molecule has 8 heteroatoms. The summed E-state index contributed by atoms with van der Waals surface area (Å²) >= 11 is 0. The summed E-state index contributed by atoms with van der Waals surface area (Å²) in [6, 6.07) is 34.9. The number of pyridine rings is 1. The second-order valence-electron chi connectivity index (χ2n) is 10.8. The van der Waals surface area contributed by atoms with E-state index >= 15 is 0 Å². The average Bonchev–Trinajstić information content (AvgIpc) is 3.67. The van der Waals surface area contributed by atoms with E-state index in [-0.39, 0.29) is 21.1 Å². The zero-order valence-electron chi connectivity index (χ0n) is 25.2. The summed E-state index contributed by atoms with van der Waals surface area (Å²) in [6.07, 6.45) is 5.58. The zero-order chi connectivity index (χ0) is 30.2. The van der Waals surface area contributed by atoms with Crippen molar-refractivity contribution < 1.29 is 35.3 Å². The molecule has 0 atom stereocenters. The van der Waals surface area contributed by atoms with Crippen LogP contribution in [0.2, 0.25) is 0 Å². The van der Waals surface area contributed by atoms with Crippen molar-refractivity contribution in [3.8, 4) is 45.6 Å². The Hall–Kier alpha value is -4.87. The molecule has 226 valence electrons. The molecule has 7 rings (SSSR count). The van der Waals surface area contributed by atoms with Crippen molar-refractivity contribution in [2.45, 2.75) is 19.8 Å².